The molecule has 2 heteroatoms. The Morgan fingerprint density at radius 2 is 1.79 bits per heavy atom. The number of fused-ring (bicyclic) bond motifs is 5. The Bertz CT molecular complexity index is 1020. The second-order valence-corrected chi connectivity index (χ2v) is 14.3. The number of benzene rings is 1. The van der Waals surface area contributed by atoms with E-state index in [0.29, 0.717) is 10.8 Å². The SMILES string of the molecule is CC(C)CCC[C@H](C)[C@@H]1CC[C@@H]2[C@H]3CC=C4C[C@@H](OC(=O)/C=C/c5ccccc5)CC[C@]4(C)[C@@H]3CC[C@]21C. The van der Waals surface area contributed by atoms with Crippen molar-refractivity contribution in [3.05, 3.63) is 53.6 Å². The first-order chi connectivity index (χ1) is 18.2. The first kappa shape index (κ1) is 27.7. The largest absolute Gasteiger partial charge is 0.459 e. The van der Waals surface area contributed by atoms with Gasteiger partial charge in [-0.15, -0.1) is 0 Å². The zero-order chi connectivity index (χ0) is 26.9. The van der Waals surface area contributed by atoms with E-state index >= 15 is 0 Å². The minimum Gasteiger partial charge on any atom is -0.459 e. The molecule has 3 fully saturated rings. The van der Waals surface area contributed by atoms with Gasteiger partial charge in [-0.1, -0.05) is 95.9 Å². The second-order valence-electron chi connectivity index (χ2n) is 14.3. The topological polar surface area (TPSA) is 26.3 Å². The van der Waals surface area contributed by atoms with E-state index < -0.39 is 0 Å². The lowest BCUT2D eigenvalue weighted by Crippen LogP contribution is -2.51. The summed E-state index contributed by atoms with van der Waals surface area (Å²) in [7, 11) is 0. The van der Waals surface area contributed by atoms with Crippen molar-refractivity contribution < 1.29 is 9.53 Å². The van der Waals surface area contributed by atoms with E-state index in [-0.39, 0.29) is 12.1 Å². The quantitative estimate of drug-likeness (QED) is 0.195. The molecule has 8 atom stereocenters. The molecule has 4 aliphatic carbocycles. The maximum absolute atomic E-state index is 12.6. The van der Waals surface area contributed by atoms with E-state index in [1.54, 1.807) is 11.6 Å². The van der Waals surface area contributed by atoms with Crippen LogP contribution in [0.2, 0.25) is 0 Å². The number of hydrogen-bond acceptors (Lipinski definition) is 2. The van der Waals surface area contributed by atoms with Gasteiger partial charge in [-0.25, -0.2) is 4.79 Å². The molecule has 0 radical (unpaired) electrons. The Kier molecular flexibility index (Phi) is 8.28. The predicted octanol–water partition coefficient (Wildman–Crippen LogP) is 9.65. The Morgan fingerprint density at radius 3 is 2.55 bits per heavy atom. The first-order valence-corrected chi connectivity index (χ1v) is 15.8. The third-order valence-corrected chi connectivity index (χ3v) is 11.8. The van der Waals surface area contributed by atoms with Crippen LogP contribution in [0.5, 0.6) is 0 Å². The lowest BCUT2D eigenvalue weighted by Gasteiger charge is -2.58. The van der Waals surface area contributed by atoms with Crippen LogP contribution in [0.15, 0.2) is 48.1 Å². The van der Waals surface area contributed by atoms with Gasteiger partial charge in [0.1, 0.15) is 6.10 Å². The van der Waals surface area contributed by atoms with Gasteiger partial charge in [0, 0.05) is 12.5 Å². The standard InChI is InChI=1S/C36H52O2/c1-25(2)10-9-11-26(3)31-17-18-32-30-16-15-28-24-29(38-34(37)19-14-27-12-7-6-8-13-27)20-22-35(28,4)33(30)21-23-36(31,32)5/h6-8,12-15,19,25-26,29-33H,9-11,16-18,20-24H2,1-5H3/b19-14+/t26-,29-,30+,31-,32+,33+,35-,36-/m0/s1. The van der Waals surface area contributed by atoms with Gasteiger partial charge in [0.25, 0.3) is 0 Å². The number of hydrogen-bond donors (Lipinski definition) is 0. The minimum atomic E-state index is -0.204. The van der Waals surface area contributed by atoms with E-state index in [9.17, 15) is 4.79 Å². The summed E-state index contributed by atoms with van der Waals surface area (Å²) in [4.78, 5) is 12.6. The van der Waals surface area contributed by atoms with Crippen LogP contribution in [-0.4, -0.2) is 12.1 Å². The summed E-state index contributed by atoms with van der Waals surface area (Å²) in [6, 6.07) is 9.99. The number of allylic oxidation sites excluding steroid dienone is 1. The summed E-state index contributed by atoms with van der Waals surface area (Å²) >= 11 is 0. The number of rotatable bonds is 8. The van der Waals surface area contributed by atoms with Crippen LogP contribution in [-0.2, 0) is 9.53 Å². The Hall–Kier alpha value is -1.83. The molecule has 38 heavy (non-hydrogen) atoms. The summed E-state index contributed by atoms with van der Waals surface area (Å²) in [5.41, 5.74) is 3.46. The molecule has 208 valence electrons. The molecule has 0 heterocycles. The van der Waals surface area contributed by atoms with Gasteiger partial charge in [-0.3, -0.25) is 0 Å². The molecule has 2 nitrogen and oxygen atoms in total. The monoisotopic (exact) mass is 516 g/mol. The van der Waals surface area contributed by atoms with Crippen LogP contribution < -0.4 is 0 Å². The maximum atomic E-state index is 12.6. The van der Waals surface area contributed by atoms with Crippen molar-refractivity contribution in [1.82, 2.24) is 0 Å². The maximum Gasteiger partial charge on any atom is 0.331 e. The van der Waals surface area contributed by atoms with Crippen LogP contribution >= 0.6 is 0 Å². The number of carbonyl (C=O) groups excluding carboxylic acids is 1. The van der Waals surface area contributed by atoms with Crippen molar-refractivity contribution >= 4 is 12.0 Å². The van der Waals surface area contributed by atoms with Gasteiger partial charge in [-0.05, 0) is 103 Å². The summed E-state index contributed by atoms with van der Waals surface area (Å²) < 4.78 is 5.95. The Morgan fingerprint density at radius 1 is 1.00 bits per heavy atom. The molecule has 1 aromatic rings. The lowest BCUT2D eigenvalue weighted by atomic mass is 9.47. The molecule has 0 unspecified atom stereocenters. The van der Waals surface area contributed by atoms with Crippen molar-refractivity contribution in [2.24, 2.45) is 46.3 Å². The summed E-state index contributed by atoms with van der Waals surface area (Å²) in [5.74, 6) is 4.97. The molecule has 0 N–H and O–H groups in total. The first-order valence-electron chi connectivity index (χ1n) is 15.8. The highest BCUT2D eigenvalue weighted by molar-refractivity contribution is 5.87. The highest BCUT2D eigenvalue weighted by atomic mass is 16.5. The van der Waals surface area contributed by atoms with Crippen LogP contribution in [0.4, 0.5) is 0 Å². The fourth-order valence-electron chi connectivity index (χ4n) is 9.68. The van der Waals surface area contributed by atoms with Crippen molar-refractivity contribution in [2.45, 2.75) is 111 Å². The van der Waals surface area contributed by atoms with E-state index in [2.05, 4.69) is 40.7 Å². The van der Waals surface area contributed by atoms with Gasteiger partial charge in [0.2, 0.25) is 0 Å². The van der Waals surface area contributed by atoms with Crippen molar-refractivity contribution in [3.63, 3.8) is 0 Å². The van der Waals surface area contributed by atoms with Crippen molar-refractivity contribution in [3.8, 4) is 0 Å². The molecule has 0 bridgehead atoms. The smallest absolute Gasteiger partial charge is 0.331 e. The fourth-order valence-corrected chi connectivity index (χ4v) is 9.68. The summed E-state index contributed by atoms with van der Waals surface area (Å²) in [6.07, 6.45) is 20.3. The van der Waals surface area contributed by atoms with Gasteiger partial charge in [-0.2, -0.15) is 0 Å². The number of carbonyl (C=O) groups is 1. The van der Waals surface area contributed by atoms with Gasteiger partial charge < -0.3 is 4.74 Å². The average Bonchev–Trinajstić information content (AvgIpc) is 3.25. The van der Waals surface area contributed by atoms with Gasteiger partial charge >= 0.3 is 5.97 Å². The number of esters is 1. The van der Waals surface area contributed by atoms with Gasteiger partial charge in [0.05, 0.1) is 0 Å². The van der Waals surface area contributed by atoms with Crippen molar-refractivity contribution in [2.75, 3.05) is 0 Å². The molecule has 4 aliphatic rings. The van der Waals surface area contributed by atoms with Gasteiger partial charge in [0.15, 0.2) is 0 Å². The molecular formula is C36H52O2. The molecule has 0 spiro atoms. The van der Waals surface area contributed by atoms with Crippen LogP contribution in [0.3, 0.4) is 0 Å². The molecule has 0 amide bonds. The average molecular weight is 517 g/mol. The van der Waals surface area contributed by atoms with E-state index in [1.807, 2.05) is 36.4 Å². The molecule has 0 aromatic heterocycles. The van der Waals surface area contributed by atoms with E-state index in [1.165, 1.54) is 57.8 Å². The molecule has 1 aromatic carbocycles. The molecular weight excluding hydrogens is 464 g/mol. The molecule has 0 aliphatic heterocycles. The Labute approximate surface area is 232 Å². The van der Waals surface area contributed by atoms with E-state index in [4.69, 9.17) is 4.74 Å². The normalized spacial score (nSPS) is 37.3. The van der Waals surface area contributed by atoms with E-state index in [0.717, 1.165) is 53.9 Å². The molecule has 5 rings (SSSR count). The zero-order valence-corrected chi connectivity index (χ0v) is 24.8. The number of ether oxygens (including phenoxy) is 1. The van der Waals surface area contributed by atoms with Crippen LogP contribution in [0, 0.1) is 46.3 Å². The van der Waals surface area contributed by atoms with Crippen LogP contribution in [0.25, 0.3) is 6.08 Å². The third-order valence-electron chi connectivity index (χ3n) is 11.8. The second kappa shape index (κ2) is 11.3. The predicted molar refractivity (Wildman–Crippen MR) is 158 cm³/mol. The fraction of sp³-hybridized carbons (Fsp3) is 0.694. The highest BCUT2D eigenvalue weighted by Gasteiger charge is 2.59. The Balaban J connectivity index is 1.22. The highest BCUT2D eigenvalue weighted by Crippen LogP contribution is 2.67. The summed E-state index contributed by atoms with van der Waals surface area (Å²) in [5, 5.41) is 0. The zero-order valence-electron chi connectivity index (χ0n) is 24.8. The summed E-state index contributed by atoms with van der Waals surface area (Å²) in [6.45, 7) is 12.6. The van der Waals surface area contributed by atoms with Crippen LogP contribution in [0.1, 0.15) is 111 Å². The molecule has 0 saturated heterocycles. The third kappa shape index (κ3) is 5.44. The minimum absolute atomic E-state index is 0.0233. The molecule has 3 saturated carbocycles. The van der Waals surface area contributed by atoms with Crippen molar-refractivity contribution in [1.29, 1.82) is 0 Å². The lowest BCUT2D eigenvalue weighted by molar-refractivity contribution is -0.145.